The summed E-state index contributed by atoms with van der Waals surface area (Å²) in [5, 5.41) is 0. The van der Waals surface area contributed by atoms with Crippen molar-refractivity contribution in [2.24, 2.45) is 0 Å². The largest absolute Gasteiger partial charge is 0.371 e. The molecule has 2 atom stereocenters. The normalized spacial score (nSPS) is 16.4. The summed E-state index contributed by atoms with van der Waals surface area (Å²) in [5.74, 6) is 0. The van der Waals surface area contributed by atoms with Crippen molar-refractivity contribution >= 4 is 0 Å². The Kier molecular flexibility index (Phi) is 10.2. The van der Waals surface area contributed by atoms with Crippen LogP contribution in [0.3, 0.4) is 0 Å². The van der Waals surface area contributed by atoms with E-state index in [0.717, 1.165) is 32.1 Å². The van der Waals surface area contributed by atoms with Gasteiger partial charge in [0.25, 0.3) is 0 Å². The minimum absolute atomic E-state index is 0.252. The summed E-state index contributed by atoms with van der Waals surface area (Å²) in [6.07, 6.45) is 12.8. The van der Waals surface area contributed by atoms with Crippen LogP contribution in [0.2, 0.25) is 0 Å². The Morgan fingerprint density at radius 3 is 2.29 bits per heavy atom. The van der Waals surface area contributed by atoms with Crippen molar-refractivity contribution in [2.45, 2.75) is 78.9 Å². The van der Waals surface area contributed by atoms with E-state index in [1.807, 2.05) is 0 Å². The van der Waals surface area contributed by atoms with E-state index < -0.39 is 0 Å². The van der Waals surface area contributed by atoms with E-state index in [0.29, 0.717) is 6.10 Å². The molecule has 1 heteroatoms. The smallest absolute Gasteiger partial charge is 0.0796 e. The highest BCUT2D eigenvalue weighted by molar-refractivity contribution is 5.06. The van der Waals surface area contributed by atoms with Gasteiger partial charge in [-0.05, 0) is 39.0 Å². The van der Waals surface area contributed by atoms with Gasteiger partial charge in [-0.1, -0.05) is 51.5 Å². The second kappa shape index (κ2) is 10.6. The summed E-state index contributed by atoms with van der Waals surface area (Å²) in [7, 11) is 0. The molecule has 0 N–H and O–H groups in total. The van der Waals surface area contributed by atoms with Gasteiger partial charge >= 0.3 is 0 Å². The molecule has 0 rings (SSSR count). The van der Waals surface area contributed by atoms with Gasteiger partial charge in [0.1, 0.15) is 0 Å². The Morgan fingerprint density at radius 2 is 1.82 bits per heavy atom. The van der Waals surface area contributed by atoms with E-state index in [1.165, 1.54) is 5.57 Å². The van der Waals surface area contributed by atoms with Gasteiger partial charge < -0.3 is 4.74 Å². The lowest BCUT2D eigenvalue weighted by molar-refractivity contribution is 0.0225. The molecule has 0 fully saturated rings. The highest BCUT2D eigenvalue weighted by atomic mass is 16.5. The third-order valence-corrected chi connectivity index (χ3v) is 2.98. The second-order valence-electron chi connectivity index (χ2n) is 4.56. The number of allylic oxidation sites excluding steroid dienone is 2. The number of rotatable bonds is 9. The molecule has 1 nitrogen and oxygen atoms in total. The maximum Gasteiger partial charge on any atom is 0.0796 e. The molecule has 0 aromatic carbocycles. The fraction of sp³-hybridized carbons (Fsp3) is 0.750. The topological polar surface area (TPSA) is 9.23 Å². The zero-order valence-electron chi connectivity index (χ0n) is 12.3. The molecule has 17 heavy (non-hydrogen) atoms. The zero-order valence-corrected chi connectivity index (χ0v) is 12.3. The van der Waals surface area contributed by atoms with Crippen LogP contribution < -0.4 is 0 Å². The molecular weight excluding hydrogens is 208 g/mol. The first-order valence-corrected chi connectivity index (χ1v) is 7.17. The Morgan fingerprint density at radius 1 is 1.12 bits per heavy atom. The summed E-state index contributed by atoms with van der Waals surface area (Å²) in [6, 6.07) is 0. The van der Waals surface area contributed by atoms with E-state index in [2.05, 4.69) is 52.8 Å². The third kappa shape index (κ3) is 8.20. The lowest BCUT2D eigenvalue weighted by Gasteiger charge is -2.20. The SMILES string of the molecule is CC/C=C/C(C/C(=C/CC)CC)OC(C)CC. The standard InChI is InChI=1S/C16H30O/c1-6-10-12-16(17-14(5)8-3)13-15(9-4)11-7-2/h10-12,14,16H,6-9,13H2,1-5H3/b12-10+,15-11+. The molecule has 2 unspecified atom stereocenters. The summed E-state index contributed by atoms with van der Waals surface area (Å²) in [5.41, 5.74) is 1.52. The van der Waals surface area contributed by atoms with Gasteiger partial charge in [-0.3, -0.25) is 0 Å². The predicted molar refractivity (Wildman–Crippen MR) is 77.3 cm³/mol. The van der Waals surface area contributed by atoms with Gasteiger partial charge in [0.2, 0.25) is 0 Å². The van der Waals surface area contributed by atoms with E-state index in [9.17, 15) is 0 Å². The van der Waals surface area contributed by atoms with Crippen LogP contribution >= 0.6 is 0 Å². The van der Waals surface area contributed by atoms with E-state index in [1.54, 1.807) is 0 Å². The van der Waals surface area contributed by atoms with Gasteiger partial charge in [0, 0.05) is 0 Å². The van der Waals surface area contributed by atoms with Crippen molar-refractivity contribution in [3.63, 3.8) is 0 Å². The molecule has 100 valence electrons. The van der Waals surface area contributed by atoms with Crippen LogP contribution in [0.5, 0.6) is 0 Å². The minimum Gasteiger partial charge on any atom is -0.371 e. The van der Waals surface area contributed by atoms with Gasteiger partial charge in [-0.2, -0.15) is 0 Å². The average molecular weight is 238 g/mol. The minimum atomic E-state index is 0.252. The zero-order chi connectivity index (χ0) is 13.1. The summed E-state index contributed by atoms with van der Waals surface area (Å²) >= 11 is 0. The van der Waals surface area contributed by atoms with Gasteiger partial charge in [-0.15, -0.1) is 0 Å². The molecule has 0 heterocycles. The van der Waals surface area contributed by atoms with E-state index in [4.69, 9.17) is 4.74 Å². The lowest BCUT2D eigenvalue weighted by atomic mass is 10.0. The van der Waals surface area contributed by atoms with Gasteiger partial charge in [-0.25, -0.2) is 0 Å². The Hall–Kier alpha value is -0.560. The summed E-state index contributed by atoms with van der Waals surface area (Å²) < 4.78 is 6.05. The fourth-order valence-electron chi connectivity index (χ4n) is 1.76. The predicted octanol–water partition coefficient (Wildman–Crippen LogP) is 5.27. The number of hydrogen-bond acceptors (Lipinski definition) is 1. The first kappa shape index (κ1) is 16.4. The molecule has 0 saturated heterocycles. The van der Waals surface area contributed by atoms with Crippen molar-refractivity contribution in [3.05, 3.63) is 23.8 Å². The molecule has 0 aliphatic carbocycles. The highest BCUT2D eigenvalue weighted by Crippen LogP contribution is 2.16. The molecule has 0 aliphatic rings. The molecule has 0 aromatic heterocycles. The van der Waals surface area contributed by atoms with E-state index in [-0.39, 0.29) is 6.10 Å². The first-order chi connectivity index (χ1) is 8.17. The Labute approximate surface area is 108 Å². The van der Waals surface area contributed by atoms with Crippen LogP contribution in [0.4, 0.5) is 0 Å². The van der Waals surface area contributed by atoms with Crippen LogP contribution in [0.25, 0.3) is 0 Å². The number of ether oxygens (including phenoxy) is 1. The summed E-state index contributed by atoms with van der Waals surface area (Å²) in [6.45, 7) is 10.9. The number of hydrogen-bond donors (Lipinski definition) is 0. The quantitative estimate of drug-likeness (QED) is 0.497. The van der Waals surface area contributed by atoms with E-state index >= 15 is 0 Å². The van der Waals surface area contributed by atoms with Crippen molar-refractivity contribution in [1.29, 1.82) is 0 Å². The Balaban J connectivity index is 4.45. The maximum atomic E-state index is 6.05. The first-order valence-electron chi connectivity index (χ1n) is 7.17. The molecule has 0 spiro atoms. The van der Waals surface area contributed by atoms with Crippen LogP contribution in [0.1, 0.15) is 66.7 Å². The lowest BCUT2D eigenvalue weighted by Crippen LogP contribution is -2.18. The maximum absolute atomic E-state index is 6.05. The molecule has 0 aliphatic heterocycles. The summed E-state index contributed by atoms with van der Waals surface area (Å²) in [4.78, 5) is 0. The van der Waals surface area contributed by atoms with Crippen molar-refractivity contribution < 1.29 is 4.74 Å². The third-order valence-electron chi connectivity index (χ3n) is 2.98. The molecule has 0 saturated carbocycles. The van der Waals surface area contributed by atoms with Gasteiger partial charge in [0.15, 0.2) is 0 Å². The molecule has 0 amide bonds. The van der Waals surface area contributed by atoms with Crippen LogP contribution in [0, 0.1) is 0 Å². The highest BCUT2D eigenvalue weighted by Gasteiger charge is 2.10. The van der Waals surface area contributed by atoms with Crippen LogP contribution in [-0.4, -0.2) is 12.2 Å². The van der Waals surface area contributed by atoms with Crippen LogP contribution in [-0.2, 0) is 4.74 Å². The van der Waals surface area contributed by atoms with Crippen molar-refractivity contribution in [3.8, 4) is 0 Å². The molecular formula is C16H30O. The van der Waals surface area contributed by atoms with Crippen molar-refractivity contribution in [1.82, 2.24) is 0 Å². The second-order valence-corrected chi connectivity index (χ2v) is 4.56. The monoisotopic (exact) mass is 238 g/mol. The average Bonchev–Trinajstić information content (AvgIpc) is 2.34. The van der Waals surface area contributed by atoms with Crippen molar-refractivity contribution in [2.75, 3.05) is 0 Å². The molecule has 0 radical (unpaired) electrons. The molecule has 0 bridgehead atoms. The van der Waals surface area contributed by atoms with Gasteiger partial charge in [0.05, 0.1) is 12.2 Å². The fourth-order valence-corrected chi connectivity index (χ4v) is 1.76. The van der Waals surface area contributed by atoms with Crippen LogP contribution in [0.15, 0.2) is 23.8 Å². The molecule has 0 aromatic rings. The Bertz CT molecular complexity index is 228.